The Balaban J connectivity index is 1.28. The van der Waals surface area contributed by atoms with E-state index in [-0.39, 0.29) is 24.5 Å². The first-order chi connectivity index (χ1) is 21.3. The molecule has 1 aromatic heterocycles. The van der Waals surface area contributed by atoms with Crippen LogP contribution in [0, 0.1) is 0 Å². The van der Waals surface area contributed by atoms with Gasteiger partial charge in [-0.1, -0.05) is 42.4 Å². The summed E-state index contributed by atoms with van der Waals surface area (Å²) in [6.07, 6.45) is 3.93. The van der Waals surface area contributed by atoms with E-state index >= 15 is 0 Å². The topological polar surface area (TPSA) is 111 Å². The van der Waals surface area contributed by atoms with Crippen LogP contribution in [0.5, 0.6) is 6.01 Å². The predicted octanol–water partition coefficient (Wildman–Crippen LogP) is 2.55. The molecule has 5 heterocycles. The number of nitrogens with one attached hydrogen (secondary N) is 1. The molecule has 3 aromatic rings. The van der Waals surface area contributed by atoms with Crippen molar-refractivity contribution < 1.29 is 19.1 Å². The van der Waals surface area contributed by atoms with E-state index in [1.807, 2.05) is 23.1 Å². The first-order valence-corrected chi connectivity index (χ1v) is 15.4. The second kappa shape index (κ2) is 11.4. The van der Waals surface area contributed by atoms with Crippen LogP contribution in [0.1, 0.15) is 24.1 Å². The molecular formula is C32H34ClN7O4. The molecule has 12 heteroatoms. The van der Waals surface area contributed by atoms with Crippen molar-refractivity contribution >= 4 is 51.6 Å². The van der Waals surface area contributed by atoms with E-state index in [1.54, 1.807) is 0 Å². The summed E-state index contributed by atoms with van der Waals surface area (Å²) in [5.41, 5.74) is 2.73. The lowest BCUT2D eigenvalue weighted by molar-refractivity contribution is -0.136. The minimum atomic E-state index is -0.971. The largest absolute Gasteiger partial charge is 0.462 e. The van der Waals surface area contributed by atoms with Crippen LogP contribution < -0.4 is 19.9 Å². The molecule has 3 amide bonds. The number of amides is 3. The molecule has 7 rings (SSSR count). The fourth-order valence-corrected chi connectivity index (χ4v) is 7.35. The molecular weight excluding hydrogens is 582 g/mol. The number of rotatable bonds is 6. The van der Waals surface area contributed by atoms with Crippen molar-refractivity contribution in [2.75, 3.05) is 49.6 Å². The summed E-state index contributed by atoms with van der Waals surface area (Å²) in [5.74, 6) is -0.761. The average molecular weight is 616 g/mol. The third-order valence-corrected chi connectivity index (χ3v) is 9.65. The Kier molecular flexibility index (Phi) is 7.37. The first kappa shape index (κ1) is 28.5. The number of aromatic nitrogens is 2. The number of piperazine rings is 1. The monoisotopic (exact) mass is 615 g/mol. The van der Waals surface area contributed by atoms with Gasteiger partial charge in [0.15, 0.2) is 0 Å². The molecule has 4 aliphatic rings. The van der Waals surface area contributed by atoms with Crippen LogP contribution in [-0.2, 0) is 27.3 Å². The number of hydrogen-bond acceptors (Lipinski definition) is 9. The molecule has 2 unspecified atom stereocenters. The molecule has 3 atom stereocenters. The molecule has 2 aromatic carbocycles. The van der Waals surface area contributed by atoms with Crippen molar-refractivity contribution in [1.29, 1.82) is 0 Å². The number of anilines is 2. The number of imide groups is 1. The van der Waals surface area contributed by atoms with Gasteiger partial charge in [-0.05, 0) is 56.4 Å². The van der Waals surface area contributed by atoms with Crippen molar-refractivity contribution in [3.8, 4) is 6.01 Å². The highest BCUT2D eigenvalue weighted by Crippen LogP contribution is 2.38. The Labute approximate surface area is 260 Å². The van der Waals surface area contributed by atoms with Crippen LogP contribution in [0.3, 0.4) is 0 Å². The van der Waals surface area contributed by atoms with Crippen molar-refractivity contribution in [1.82, 2.24) is 25.1 Å². The summed E-state index contributed by atoms with van der Waals surface area (Å²) in [4.78, 5) is 56.4. The highest BCUT2D eigenvalue weighted by atomic mass is 35.5. The van der Waals surface area contributed by atoms with E-state index in [9.17, 15) is 14.4 Å². The van der Waals surface area contributed by atoms with Crippen molar-refractivity contribution in [3.63, 3.8) is 0 Å². The third kappa shape index (κ3) is 4.84. The van der Waals surface area contributed by atoms with Gasteiger partial charge in [0, 0.05) is 42.3 Å². The lowest BCUT2D eigenvalue weighted by Gasteiger charge is -2.43. The maximum absolute atomic E-state index is 13.2. The molecule has 0 aliphatic carbocycles. The Morgan fingerprint density at radius 3 is 2.66 bits per heavy atom. The number of ether oxygens (including phenoxy) is 1. The molecule has 0 bridgehead atoms. The molecule has 3 fully saturated rings. The Bertz CT molecular complexity index is 1680. The molecule has 11 nitrogen and oxygen atoms in total. The minimum Gasteiger partial charge on any atom is -0.462 e. The summed E-state index contributed by atoms with van der Waals surface area (Å²) in [6, 6.07) is 10.7. The van der Waals surface area contributed by atoms with Gasteiger partial charge in [0.1, 0.15) is 24.5 Å². The molecule has 0 spiro atoms. The number of carbonyl (C=O) groups is 3. The van der Waals surface area contributed by atoms with Gasteiger partial charge in [-0.15, -0.1) is 0 Å². The van der Waals surface area contributed by atoms with Gasteiger partial charge in [0.25, 0.3) is 11.8 Å². The highest BCUT2D eigenvalue weighted by molar-refractivity contribution is 6.36. The maximum Gasteiger partial charge on any atom is 0.318 e. The SMILES string of the molecule is C=CC(=O)N1CCN(c2nc(OC[C@@H]3CCCN3C)nc3c2CCN(c2cccc4cccc(Cl)c24)C3)C2C(=O)NC(=O)C21. The molecule has 228 valence electrons. The molecule has 4 aliphatic heterocycles. The van der Waals surface area contributed by atoms with Crippen LogP contribution in [0.25, 0.3) is 10.8 Å². The van der Waals surface area contributed by atoms with Crippen LogP contribution >= 0.6 is 11.6 Å². The van der Waals surface area contributed by atoms with E-state index in [1.165, 1.54) is 11.0 Å². The third-order valence-electron chi connectivity index (χ3n) is 9.34. The van der Waals surface area contributed by atoms with E-state index < -0.39 is 23.9 Å². The summed E-state index contributed by atoms with van der Waals surface area (Å²) in [6.45, 7) is 6.78. The quantitative estimate of drug-likeness (QED) is 0.330. The second-order valence-corrected chi connectivity index (χ2v) is 12.2. The molecule has 1 N–H and O–H groups in total. The number of likely N-dealkylation sites (tertiary alicyclic amines) is 1. The smallest absolute Gasteiger partial charge is 0.318 e. The van der Waals surface area contributed by atoms with Gasteiger partial charge in [0.2, 0.25) is 5.91 Å². The number of halogens is 1. The first-order valence-electron chi connectivity index (χ1n) is 15.0. The lowest BCUT2D eigenvalue weighted by atomic mass is 9.99. The van der Waals surface area contributed by atoms with Gasteiger partial charge in [-0.3, -0.25) is 19.7 Å². The number of likely N-dealkylation sites (N-methyl/N-ethyl adjacent to an activating group) is 1. The Morgan fingerprint density at radius 2 is 1.89 bits per heavy atom. The molecule has 3 saturated heterocycles. The molecule has 0 radical (unpaired) electrons. The summed E-state index contributed by atoms with van der Waals surface area (Å²) in [7, 11) is 2.09. The van der Waals surface area contributed by atoms with Crippen molar-refractivity contribution in [2.45, 2.75) is 43.9 Å². The average Bonchev–Trinajstić information content (AvgIpc) is 3.59. The van der Waals surface area contributed by atoms with Crippen LogP contribution in [0.2, 0.25) is 5.02 Å². The predicted molar refractivity (Wildman–Crippen MR) is 167 cm³/mol. The van der Waals surface area contributed by atoms with Gasteiger partial charge in [-0.2, -0.15) is 9.97 Å². The van der Waals surface area contributed by atoms with E-state index in [0.717, 1.165) is 47.1 Å². The minimum absolute atomic E-state index is 0.239. The Hall–Kier alpha value is -4.22. The second-order valence-electron chi connectivity index (χ2n) is 11.8. The number of nitrogens with zero attached hydrogens (tertiary/aromatic N) is 6. The van der Waals surface area contributed by atoms with Gasteiger partial charge in [-0.25, -0.2) is 0 Å². The van der Waals surface area contributed by atoms with E-state index in [4.69, 9.17) is 26.3 Å². The lowest BCUT2D eigenvalue weighted by Crippen LogP contribution is -2.63. The number of benzene rings is 2. The fourth-order valence-electron chi connectivity index (χ4n) is 7.07. The van der Waals surface area contributed by atoms with E-state index in [0.29, 0.717) is 43.5 Å². The van der Waals surface area contributed by atoms with Gasteiger partial charge in [0.05, 0.1) is 17.3 Å². The maximum atomic E-state index is 13.2. The normalized spacial score (nSPS) is 23.5. The highest BCUT2D eigenvalue weighted by Gasteiger charge is 2.53. The van der Waals surface area contributed by atoms with Crippen molar-refractivity contribution in [3.05, 3.63) is 65.3 Å². The van der Waals surface area contributed by atoms with Crippen molar-refractivity contribution in [2.24, 2.45) is 0 Å². The fraction of sp³-hybridized carbons (Fsp3) is 0.406. The number of carbonyl (C=O) groups excluding carboxylic acids is 3. The number of hydrogen-bond donors (Lipinski definition) is 1. The summed E-state index contributed by atoms with van der Waals surface area (Å²) >= 11 is 6.69. The zero-order valence-electron chi connectivity index (χ0n) is 24.5. The van der Waals surface area contributed by atoms with E-state index in [2.05, 4.69) is 46.9 Å². The standard InChI is InChI=1S/C32H34ClN7O4/c1-3-25(41)39-15-16-40(28-27(39)30(42)36-31(28)43)29-21-12-14-38(24-11-5-8-19-7-4-10-22(33)26(19)24)17-23(21)34-32(35-29)44-18-20-9-6-13-37(20)2/h3-5,7-8,10-11,20,27-28H,1,6,9,12-18H2,2H3,(H,36,42,43)/t20-,27?,28?/m0/s1. The molecule has 44 heavy (non-hydrogen) atoms. The van der Waals surface area contributed by atoms with Gasteiger partial charge >= 0.3 is 6.01 Å². The Morgan fingerprint density at radius 1 is 1.09 bits per heavy atom. The van der Waals surface area contributed by atoms with Crippen LogP contribution in [-0.4, -0.2) is 95.4 Å². The number of fused-ring (bicyclic) bond motifs is 3. The zero-order chi connectivity index (χ0) is 30.5. The zero-order valence-corrected chi connectivity index (χ0v) is 25.3. The van der Waals surface area contributed by atoms with Crippen LogP contribution in [0.4, 0.5) is 11.5 Å². The summed E-state index contributed by atoms with van der Waals surface area (Å²) in [5, 5.41) is 5.17. The van der Waals surface area contributed by atoms with Crippen LogP contribution in [0.15, 0.2) is 49.1 Å². The van der Waals surface area contributed by atoms with Gasteiger partial charge < -0.3 is 24.3 Å². The summed E-state index contributed by atoms with van der Waals surface area (Å²) < 4.78 is 6.25. The molecule has 0 saturated carbocycles.